The number of quaternary nitrogens is 1. The van der Waals surface area contributed by atoms with Gasteiger partial charge in [-0.15, -0.1) is 0 Å². The Kier molecular flexibility index (Phi) is 3.71. The summed E-state index contributed by atoms with van der Waals surface area (Å²) in [5.41, 5.74) is 1.96. The molecule has 1 unspecified atom stereocenters. The maximum absolute atomic E-state index is 12.9. The van der Waals surface area contributed by atoms with Crippen molar-refractivity contribution in [2.45, 2.75) is 20.3 Å². The summed E-state index contributed by atoms with van der Waals surface area (Å²) in [5.74, 6) is 0. The molecule has 0 N–H and O–H groups in total. The van der Waals surface area contributed by atoms with Gasteiger partial charge in [0.25, 0.3) is 15.3 Å². The molecule has 5 heteroatoms. The quantitative estimate of drug-likeness (QED) is 0.474. The van der Waals surface area contributed by atoms with E-state index in [2.05, 4.69) is 0 Å². The first-order chi connectivity index (χ1) is 8.99. The first-order valence-corrected chi connectivity index (χ1v) is 7.09. The number of benzene rings is 1. The Morgan fingerprint density at radius 1 is 1.21 bits per heavy atom. The van der Waals surface area contributed by atoms with Gasteiger partial charge in [-0.25, -0.2) is 0 Å². The Morgan fingerprint density at radius 3 is 2.37 bits per heavy atom. The highest BCUT2D eigenvalue weighted by atomic mass is 32.2. The molecule has 0 aromatic heterocycles. The van der Waals surface area contributed by atoms with Crippen molar-refractivity contribution in [3.8, 4) is 0 Å². The van der Waals surface area contributed by atoms with Crippen LogP contribution in [0.25, 0.3) is 0 Å². The Hall–Kier alpha value is -1.69. The number of rotatable bonds is 2. The van der Waals surface area contributed by atoms with Crippen molar-refractivity contribution in [2.24, 2.45) is 0 Å². The SMILES string of the molecule is CCc1ccc([N+]2([O-])C=CC=C(C)C2=S(=O)=O)cc1. The van der Waals surface area contributed by atoms with Crippen LogP contribution < -0.4 is 4.65 Å². The van der Waals surface area contributed by atoms with Crippen LogP contribution in [-0.2, 0) is 16.7 Å². The highest BCUT2D eigenvalue weighted by Gasteiger charge is 2.30. The van der Waals surface area contributed by atoms with Gasteiger partial charge in [0.05, 0.1) is 0 Å². The van der Waals surface area contributed by atoms with Gasteiger partial charge in [0.1, 0.15) is 11.9 Å². The van der Waals surface area contributed by atoms with E-state index in [-0.39, 0.29) is 4.99 Å². The van der Waals surface area contributed by atoms with Gasteiger partial charge in [-0.05, 0) is 31.1 Å². The molecule has 1 aliphatic rings. The second-order valence-electron chi connectivity index (χ2n) is 4.41. The summed E-state index contributed by atoms with van der Waals surface area (Å²) in [6.45, 7) is 3.65. The van der Waals surface area contributed by atoms with E-state index >= 15 is 0 Å². The van der Waals surface area contributed by atoms with Gasteiger partial charge < -0.3 is 5.21 Å². The van der Waals surface area contributed by atoms with Crippen LogP contribution in [0.1, 0.15) is 19.4 Å². The molecule has 0 amide bonds. The van der Waals surface area contributed by atoms with Crippen molar-refractivity contribution in [1.29, 1.82) is 0 Å². The lowest BCUT2D eigenvalue weighted by Gasteiger charge is -2.38. The summed E-state index contributed by atoms with van der Waals surface area (Å²) in [6.07, 6.45) is 5.42. The Balaban J connectivity index is 2.61. The lowest BCUT2D eigenvalue weighted by molar-refractivity contribution is 0.623. The van der Waals surface area contributed by atoms with Crippen molar-refractivity contribution in [2.75, 3.05) is 0 Å². The Morgan fingerprint density at radius 2 is 1.84 bits per heavy atom. The van der Waals surface area contributed by atoms with Gasteiger partial charge in [0, 0.05) is 17.7 Å². The van der Waals surface area contributed by atoms with Gasteiger partial charge in [0.2, 0.25) is 0 Å². The van der Waals surface area contributed by atoms with Crippen LogP contribution in [0, 0.1) is 5.21 Å². The molecule has 1 atom stereocenters. The van der Waals surface area contributed by atoms with Crippen LogP contribution in [0.15, 0.2) is 48.2 Å². The maximum Gasteiger partial charge on any atom is 0.277 e. The molecule has 1 aromatic carbocycles. The average molecular weight is 277 g/mol. The smallest absolute Gasteiger partial charge is 0.277 e. The van der Waals surface area contributed by atoms with Crippen LogP contribution in [-0.4, -0.2) is 13.4 Å². The zero-order valence-corrected chi connectivity index (χ0v) is 11.6. The monoisotopic (exact) mass is 277 g/mol. The van der Waals surface area contributed by atoms with E-state index in [9.17, 15) is 13.6 Å². The molecular weight excluding hydrogens is 262 g/mol. The van der Waals surface area contributed by atoms with E-state index in [1.807, 2.05) is 19.1 Å². The molecule has 1 aliphatic heterocycles. The van der Waals surface area contributed by atoms with Gasteiger partial charge in [-0.3, -0.25) is 4.65 Å². The maximum atomic E-state index is 12.9. The van der Waals surface area contributed by atoms with Crippen molar-refractivity contribution in [1.82, 2.24) is 4.65 Å². The minimum Gasteiger partial charge on any atom is -0.616 e. The Labute approximate surface area is 114 Å². The second-order valence-corrected chi connectivity index (χ2v) is 5.27. The molecule has 0 radical (unpaired) electrons. The summed E-state index contributed by atoms with van der Waals surface area (Å²) in [7, 11) is -2.55. The fourth-order valence-corrected chi connectivity index (χ4v) is 2.83. The summed E-state index contributed by atoms with van der Waals surface area (Å²) in [6, 6.07) is 7.06. The fourth-order valence-electron chi connectivity index (χ4n) is 2.11. The van der Waals surface area contributed by atoms with Crippen LogP contribution in [0.4, 0.5) is 5.69 Å². The molecule has 0 bridgehead atoms. The first kappa shape index (κ1) is 13.7. The normalized spacial score (nSPS) is 22.3. The number of hydrogen-bond acceptors (Lipinski definition) is 3. The molecule has 0 saturated carbocycles. The van der Waals surface area contributed by atoms with E-state index in [0.717, 1.165) is 12.0 Å². The molecule has 0 saturated heterocycles. The highest BCUT2D eigenvalue weighted by Crippen LogP contribution is 2.28. The number of hydroxylamine groups is 2. The average Bonchev–Trinajstić information content (AvgIpc) is 2.38. The number of hydrogen-bond donors (Lipinski definition) is 0. The van der Waals surface area contributed by atoms with Gasteiger partial charge in [-0.1, -0.05) is 19.1 Å². The topological polar surface area (TPSA) is 57.2 Å². The van der Waals surface area contributed by atoms with E-state index in [1.54, 1.807) is 31.2 Å². The first-order valence-electron chi connectivity index (χ1n) is 6.01. The van der Waals surface area contributed by atoms with Crippen molar-refractivity contribution >= 4 is 21.0 Å². The van der Waals surface area contributed by atoms with Crippen molar-refractivity contribution in [3.05, 3.63) is 59.0 Å². The lowest BCUT2D eigenvalue weighted by atomic mass is 10.1. The predicted molar refractivity (Wildman–Crippen MR) is 77.8 cm³/mol. The molecule has 0 aliphatic carbocycles. The third-order valence-corrected chi connectivity index (χ3v) is 4.08. The molecule has 0 spiro atoms. The van der Waals surface area contributed by atoms with E-state index in [0.29, 0.717) is 11.3 Å². The highest BCUT2D eigenvalue weighted by molar-refractivity contribution is 7.73. The standard InChI is InChI=1S/C14H15NO3S/c1-3-12-6-8-13(9-7-12)15(16)10-4-5-11(2)14(15)19(17)18/h4-10H,3H2,1-2H3. The molecule has 1 heterocycles. The number of allylic oxidation sites excluding steroid dienone is 2. The molecule has 1 aromatic rings. The molecule has 4 nitrogen and oxygen atoms in total. The molecule has 0 fully saturated rings. The summed E-state index contributed by atoms with van der Waals surface area (Å²) in [5, 5.41) is 12.9. The van der Waals surface area contributed by atoms with E-state index in [1.165, 1.54) is 6.20 Å². The predicted octanol–water partition coefficient (Wildman–Crippen LogP) is 2.54. The second kappa shape index (κ2) is 5.13. The zero-order valence-electron chi connectivity index (χ0n) is 10.8. The third-order valence-electron chi connectivity index (χ3n) is 3.17. The van der Waals surface area contributed by atoms with Gasteiger partial charge >= 0.3 is 0 Å². The van der Waals surface area contributed by atoms with E-state index < -0.39 is 14.9 Å². The molecule has 100 valence electrons. The van der Waals surface area contributed by atoms with Gasteiger partial charge in [-0.2, -0.15) is 8.42 Å². The van der Waals surface area contributed by atoms with Crippen LogP contribution in [0.5, 0.6) is 0 Å². The van der Waals surface area contributed by atoms with E-state index in [4.69, 9.17) is 0 Å². The molecule has 2 rings (SSSR count). The summed E-state index contributed by atoms with van der Waals surface area (Å²) in [4.78, 5) is -0.160. The molecule has 19 heavy (non-hydrogen) atoms. The zero-order chi connectivity index (χ0) is 14.0. The van der Waals surface area contributed by atoms with Crippen LogP contribution >= 0.6 is 0 Å². The number of aryl methyl sites for hydroxylation is 1. The number of nitrogens with zero attached hydrogens (tertiary/aromatic N) is 1. The summed E-state index contributed by atoms with van der Waals surface area (Å²) < 4.78 is 21.6. The van der Waals surface area contributed by atoms with Crippen molar-refractivity contribution < 1.29 is 8.42 Å². The lowest BCUT2D eigenvalue weighted by Crippen LogP contribution is -2.46. The summed E-state index contributed by atoms with van der Waals surface area (Å²) >= 11 is 0. The third kappa shape index (κ3) is 2.40. The van der Waals surface area contributed by atoms with Gasteiger partial charge in [0.15, 0.2) is 0 Å². The largest absolute Gasteiger partial charge is 0.616 e. The minimum absolute atomic E-state index is 0.160. The Bertz CT molecular complexity index is 676. The van der Waals surface area contributed by atoms with Crippen LogP contribution in [0.3, 0.4) is 0 Å². The molecular formula is C14H15NO3S. The van der Waals surface area contributed by atoms with Crippen molar-refractivity contribution in [3.63, 3.8) is 0 Å². The van der Waals surface area contributed by atoms with Crippen LogP contribution in [0.2, 0.25) is 0 Å². The fraction of sp³-hybridized carbons (Fsp3) is 0.214. The minimum atomic E-state index is -2.55.